The van der Waals surface area contributed by atoms with Crippen LogP contribution in [-0.4, -0.2) is 41.8 Å². The van der Waals surface area contributed by atoms with E-state index in [-0.39, 0.29) is 25.0 Å². The van der Waals surface area contributed by atoms with Crippen LogP contribution in [-0.2, 0) is 9.59 Å². The lowest BCUT2D eigenvalue weighted by atomic mass is 10.3. The third kappa shape index (κ3) is 6.35. The second-order valence-corrected chi connectivity index (χ2v) is 5.93. The minimum absolute atomic E-state index is 0.128. The third-order valence-corrected chi connectivity index (χ3v) is 3.63. The predicted octanol–water partition coefficient (Wildman–Crippen LogP) is 2.27. The number of amides is 2. The Balaban J connectivity index is 1.33. The molecule has 0 saturated carbocycles. The molecule has 0 aliphatic heterocycles. The van der Waals surface area contributed by atoms with Gasteiger partial charge in [-0.05, 0) is 42.5 Å². The first-order chi connectivity index (χ1) is 14.1. The highest BCUT2D eigenvalue weighted by molar-refractivity contribution is 5.88. The Morgan fingerprint density at radius 2 is 1.86 bits per heavy atom. The maximum Gasteiger partial charge on any atom is 0.258 e. The average molecular weight is 396 g/mol. The molecule has 2 aromatic heterocycles. The first kappa shape index (κ1) is 19.9. The maximum absolute atomic E-state index is 11.8. The van der Waals surface area contributed by atoms with Crippen molar-refractivity contribution in [2.24, 2.45) is 0 Å². The van der Waals surface area contributed by atoms with Crippen LogP contribution in [0.5, 0.6) is 11.6 Å². The molecule has 0 aliphatic rings. The van der Waals surface area contributed by atoms with Gasteiger partial charge in [-0.15, -0.1) is 10.2 Å². The summed E-state index contributed by atoms with van der Waals surface area (Å²) in [6.45, 7) is 1.84. The van der Waals surface area contributed by atoms with E-state index >= 15 is 0 Å². The van der Waals surface area contributed by atoms with Crippen molar-refractivity contribution in [1.29, 1.82) is 0 Å². The Morgan fingerprint density at radius 1 is 1.03 bits per heavy atom. The van der Waals surface area contributed by atoms with Crippen molar-refractivity contribution in [3.05, 3.63) is 54.8 Å². The van der Waals surface area contributed by atoms with Gasteiger partial charge in [0.2, 0.25) is 11.8 Å². The van der Waals surface area contributed by atoms with Crippen LogP contribution in [0.15, 0.2) is 59.2 Å². The summed E-state index contributed by atoms with van der Waals surface area (Å²) in [4.78, 5) is 22.8. The van der Waals surface area contributed by atoms with E-state index in [4.69, 9.17) is 13.9 Å². The van der Waals surface area contributed by atoms with Gasteiger partial charge in [0.1, 0.15) is 18.1 Å². The van der Waals surface area contributed by atoms with Crippen LogP contribution in [0.25, 0.3) is 11.5 Å². The van der Waals surface area contributed by atoms with E-state index in [1.165, 1.54) is 6.92 Å². The number of nitrogens with one attached hydrogen (secondary N) is 2. The molecule has 0 atom stereocenters. The van der Waals surface area contributed by atoms with Crippen molar-refractivity contribution in [2.75, 3.05) is 25.1 Å². The predicted molar refractivity (Wildman–Crippen MR) is 104 cm³/mol. The van der Waals surface area contributed by atoms with E-state index in [0.717, 1.165) is 0 Å². The Hall–Kier alpha value is -3.88. The van der Waals surface area contributed by atoms with Gasteiger partial charge in [0, 0.05) is 18.7 Å². The van der Waals surface area contributed by atoms with Gasteiger partial charge in [-0.25, -0.2) is 0 Å². The highest BCUT2D eigenvalue weighted by Gasteiger charge is 2.05. The van der Waals surface area contributed by atoms with Gasteiger partial charge in [-0.1, -0.05) is 0 Å². The number of hydrogen-bond acceptors (Lipinski definition) is 7. The summed E-state index contributed by atoms with van der Waals surface area (Å²) in [6, 6.07) is 13.7. The monoisotopic (exact) mass is 396 g/mol. The van der Waals surface area contributed by atoms with Crippen LogP contribution in [0.4, 0.5) is 5.69 Å². The van der Waals surface area contributed by atoms with Crippen LogP contribution < -0.4 is 20.1 Å². The molecule has 29 heavy (non-hydrogen) atoms. The topological polar surface area (TPSA) is 116 Å². The smallest absolute Gasteiger partial charge is 0.258 e. The molecule has 150 valence electrons. The van der Waals surface area contributed by atoms with E-state index in [1.54, 1.807) is 54.8 Å². The number of ether oxygens (including phenoxy) is 2. The SMILES string of the molecule is CC(=O)Nc1ccc(OCC(=O)NCCOc2ccc(-c3ccco3)nn2)cc1. The van der Waals surface area contributed by atoms with Gasteiger partial charge in [0.25, 0.3) is 5.91 Å². The number of furan rings is 1. The second-order valence-electron chi connectivity index (χ2n) is 5.93. The Kier molecular flexibility index (Phi) is 6.77. The van der Waals surface area contributed by atoms with E-state index in [9.17, 15) is 9.59 Å². The molecular formula is C20H20N4O5. The molecule has 3 aromatic rings. The van der Waals surface area contributed by atoms with Gasteiger partial charge < -0.3 is 24.5 Å². The average Bonchev–Trinajstić information content (AvgIpc) is 3.26. The number of hydrogen-bond donors (Lipinski definition) is 2. The van der Waals surface area contributed by atoms with Crippen LogP contribution in [0.1, 0.15) is 6.92 Å². The molecule has 1 aromatic carbocycles. The van der Waals surface area contributed by atoms with Gasteiger partial charge >= 0.3 is 0 Å². The standard InChI is InChI=1S/C20H20N4O5/c1-14(25)22-15-4-6-16(7-5-15)29-13-19(26)21-10-12-28-20-9-8-17(23-24-20)18-3-2-11-27-18/h2-9,11H,10,12-13H2,1H3,(H,21,26)(H,22,25). The van der Waals surface area contributed by atoms with Crippen LogP contribution >= 0.6 is 0 Å². The van der Waals surface area contributed by atoms with Gasteiger partial charge in [-0.3, -0.25) is 9.59 Å². The van der Waals surface area contributed by atoms with Crippen LogP contribution in [0.3, 0.4) is 0 Å². The molecule has 0 fully saturated rings. The fourth-order valence-electron chi connectivity index (χ4n) is 2.34. The lowest BCUT2D eigenvalue weighted by Gasteiger charge is -2.09. The molecule has 3 rings (SSSR count). The summed E-state index contributed by atoms with van der Waals surface area (Å²) >= 11 is 0. The maximum atomic E-state index is 11.8. The summed E-state index contributed by atoms with van der Waals surface area (Å²) in [5.74, 6) is 1.07. The molecule has 0 spiro atoms. The first-order valence-corrected chi connectivity index (χ1v) is 8.88. The van der Waals surface area contributed by atoms with Crippen molar-refractivity contribution < 1.29 is 23.5 Å². The van der Waals surface area contributed by atoms with Gasteiger partial charge in [0.15, 0.2) is 12.4 Å². The minimum Gasteiger partial charge on any atom is -0.484 e. The first-order valence-electron chi connectivity index (χ1n) is 8.88. The number of anilines is 1. The molecule has 9 heteroatoms. The van der Waals surface area contributed by atoms with Crippen LogP contribution in [0, 0.1) is 0 Å². The molecule has 0 bridgehead atoms. The zero-order valence-corrected chi connectivity index (χ0v) is 15.8. The Bertz CT molecular complexity index is 925. The number of nitrogens with zero attached hydrogens (tertiary/aromatic N) is 2. The molecule has 0 aliphatic carbocycles. The number of carbonyl (C=O) groups is 2. The summed E-state index contributed by atoms with van der Waals surface area (Å²) in [6.07, 6.45) is 1.56. The Labute approximate surface area is 167 Å². The summed E-state index contributed by atoms with van der Waals surface area (Å²) < 4.78 is 16.1. The van der Waals surface area contributed by atoms with Gasteiger partial charge in [0.05, 0.1) is 12.8 Å². The van der Waals surface area contributed by atoms with Crippen molar-refractivity contribution in [2.45, 2.75) is 6.92 Å². The number of rotatable bonds is 9. The molecular weight excluding hydrogens is 376 g/mol. The quantitative estimate of drug-likeness (QED) is 0.533. The number of benzene rings is 1. The third-order valence-electron chi connectivity index (χ3n) is 3.63. The minimum atomic E-state index is -0.279. The number of aromatic nitrogens is 2. The fourth-order valence-corrected chi connectivity index (χ4v) is 2.34. The van der Waals surface area contributed by atoms with Gasteiger partial charge in [-0.2, -0.15) is 0 Å². The molecule has 2 amide bonds. The summed E-state index contributed by atoms with van der Waals surface area (Å²) in [5.41, 5.74) is 1.27. The Morgan fingerprint density at radius 3 is 2.52 bits per heavy atom. The van der Waals surface area contributed by atoms with Crippen molar-refractivity contribution in [1.82, 2.24) is 15.5 Å². The normalized spacial score (nSPS) is 10.2. The largest absolute Gasteiger partial charge is 0.484 e. The van der Waals surface area contributed by atoms with E-state index in [0.29, 0.717) is 35.3 Å². The van der Waals surface area contributed by atoms with Crippen molar-refractivity contribution in [3.8, 4) is 23.1 Å². The summed E-state index contributed by atoms with van der Waals surface area (Å²) in [7, 11) is 0. The van der Waals surface area contributed by atoms with Crippen LogP contribution in [0.2, 0.25) is 0 Å². The molecule has 2 heterocycles. The number of carbonyl (C=O) groups excluding carboxylic acids is 2. The molecule has 9 nitrogen and oxygen atoms in total. The lowest BCUT2D eigenvalue weighted by molar-refractivity contribution is -0.123. The lowest BCUT2D eigenvalue weighted by Crippen LogP contribution is -2.32. The molecule has 0 saturated heterocycles. The van der Waals surface area contributed by atoms with Crippen molar-refractivity contribution in [3.63, 3.8) is 0 Å². The summed E-state index contributed by atoms with van der Waals surface area (Å²) in [5, 5.41) is 13.3. The van der Waals surface area contributed by atoms with E-state index in [2.05, 4.69) is 20.8 Å². The molecule has 0 radical (unpaired) electrons. The fraction of sp³-hybridized carbons (Fsp3) is 0.200. The molecule has 2 N–H and O–H groups in total. The van der Waals surface area contributed by atoms with E-state index < -0.39 is 0 Å². The van der Waals surface area contributed by atoms with Crippen molar-refractivity contribution >= 4 is 17.5 Å². The highest BCUT2D eigenvalue weighted by atomic mass is 16.5. The molecule has 0 unspecified atom stereocenters. The van der Waals surface area contributed by atoms with E-state index in [1.807, 2.05) is 0 Å². The second kappa shape index (κ2) is 9.88. The zero-order chi connectivity index (χ0) is 20.5. The highest BCUT2D eigenvalue weighted by Crippen LogP contribution is 2.18. The zero-order valence-electron chi connectivity index (χ0n) is 15.8.